The highest BCUT2D eigenvalue weighted by atomic mass is 16.5. The molecule has 7 heteroatoms. The Morgan fingerprint density at radius 2 is 2.00 bits per heavy atom. The third kappa shape index (κ3) is 3.71. The number of aliphatic imine (C=N–C) groups is 2. The van der Waals surface area contributed by atoms with Gasteiger partial charge in [0.25, 0.3) is 0 Å². The molecule has 0 radical (unpaired) electrons. The molecule has 0 spiro atoms. The summed E-state index contributed by atoms with van der Waals surface area (Å²) in [7, 11) is 2.83. The topological polar surface area (TPSA) is 86.0 Å². The van der Waals surface area contributed by atoms with Crippen molar-refractivity contribution in [3.05, 3.63) is 42.4 Å². The average molecular weight is 284 g/mol. The number of nitrogens with zero attached hydrogens (tertiary/aromatic N) is 4. The van der Waals surface area contributed by atoms with Crippen LogP contribution in [-0.2, 0) is 4.74 Å². The summed E-state index contributed by atoms with van der Waals surface area (Å²) in [6.45, 7) is 0. The van der Waals surface area contributed by atoms with Crippen LogP contribution in [-0.4, -0.2) is 36.2 Å². The van der Waals surface area contributed by atoms with E-state index in [0.29, 0.717) is 11.4 Å². The Hall–Kier alpha value is -3.05. The predicted molar refractivity (Wildman–Crippen MR) is 75.5 cm³/mol. The van der Waals surface area contributed by atoms with Crippen LogP contribution in [0, 0.1) is 0 Å². The summed E-state index contributed by atoms with van der Waals surface area (Å²) in [5.74, 6) is 0.147. The van der Waals surface area contributed by atoms with E-state index in [9.17, 15) is 4.79 Å². The van der Waals surface area contributed by atoms with Crippen LogP contribution >= 0.6 is 0 Å². The number of benzene rings is 1. The van der Waals surface area contributed by atoms with Gasteiger partial charge in [-0.15, -0.1) is 0 Å². The van der Waals surface area contributed by atoms with Crippen molar-refractivity contribution < 1.29 is 14.3 Å². The number of carbonyl (C=O) groups excluding carboxylic acids is 1. The van der Waals surface area contributed by atoms with Gasteiger partial charge in [0.2, 0.25) is 0 Å². The molecule has 106 valence electrons. The zero-order chi connectivity index (χ0) is 15.1. The smallest absolute Gasteiger partial charge is 0.360 e. The van der Waals surface area contributed by atoms with E-state index in [2.05, 4.69) is 30.7 Å². The lowest BCUT2D eigenvalue weighted by Gasteiger charge is -1.99. The molecular formula is C14H12N4O3. The second kappa shape index (κ2) is 6.93. The number of aromatic nitrogens is 2. The first-order valence-corrected chi connectivity index (χ1v) is 5.94. The molecule has 1 aromatic carbocycles. The first-order valence-electron chi connectivity index (χ1n) is 5.94. The Labute approximate surface area is 121 Å². The number of esters is 1. The predicted octanol–water partition coefficient (Wildman–Crippen LogP) is 2.41. The number of ether oxygens (including phenoxy) is 2. The van der Waals surface area contributed by atoms with E-state index >= 15 is 0 Å². The summed E-state index contributed by atoms with van der Waals surface area (Å²) >= 11 is 0. The molecular weight excluding hydrogens is 272 g/mol. The third-order valence-corrected chi connectivity index (χ3v) is 2.45. The minimum atomic E-state index is -0.620. The van der Waals surface area contributed by atoms with E-state index in [1.807, 2.05) is 0 Å². The fourth-order valence-electron chi connectivity index (χ4n) is 1.46. The largest absolute Gasteiger partial charge is 0.497 e. The van der Waals surface area contributed by atoms with Crippen LogP contribution in [0.15, 0.2) is 46.6 Å². The van der Waals surface area contributed by atoms with Crippen LogP contribution in [0.1, 0.15) is 10.5 Å². The normalized spacial score (nSPS) is 9.43. The number of rotatable bonds is 4. The molecule has 0 unspecified atom stereocenters. The molecule has 0 aliphatic rings. The molecule has 0 atom stereocenters. The first kappa shape index (κ1) is 14.4. The fourth-order valence-corrected chi connectivity index (χ4v) is 1.46. The Bertz CT molecular complexity index is 709. The lowest BCUT2D eigenvalue weighted by atomic mass is 10.3. The van der Waals surface area contributed by atoms with Gasteiger partial charge in [-0.2, -0.15) is 9.98 Å². The lowest BCUT2D eigenvalue weighted by molar-refractivity contribution is 0.0594. The van der Waals surface area contributed by atoms with E-state index in [1.54, 1.807) is 31.4 Å². The van der Waals surface area contributed by atoms with Crippen molar-refractivity contribution in [2.24, 2.45) is 9.98 Å². The maximum atomic E-state index is 11.5. The van der Waals surface area contributed by atoms with E-state index in [-0.39, 0.29) is 11.5 Å². The number of methoxy groups -OCH3 is 2. The second-order valence-corrected chi connectivity index (χ2v) is 3.75. The SMILES string of the molecule is COC(=O)c1nccnc1N=C=Nc1cccc(OC)c1. The van der Waals surface area contributed by atoms with Crippen molar-refractivity contribution in [1.82, 2.24) is 9.97 Å². The van der Waals surface area contributed by atoms with Gasteiger partial charge in [0, 0.05) is 18.5 Å². The highest BCUT2D eigenvalue weighted by Crippen LogP contribution is 2.19. The zero-order valence-electron chi connectivity index (χ0n) is 11.5. The van der Waals surface area contributed by atoms with Crippen molar-refractivity contribution in [1.29, 1.82) is 0 Å². The Balaban J connectivity index is 2.28. The molecule has 0 bridgehead atoms. The van der Waals surface area contributed by atoms with Gasteiger partial charge in [0.15, 0.2) is 11.5 Å². The van der Waals surface area contributed by atoms with Gasteiger partial charge in [-0.05, 0) is 12.1 Å². The van der Waals surface area contributed by atoms with Gasteiger partial charge < -0.3 is 9.47 Å². The number of carbonyl (C=O) groups is 1. The van der Waals surface area contributed by atoms with E-state index in [0.717, 1.165) is 0 Å². The van der Waals surface area contributed by atoms with E-state index in [4.69, 9.17) is 4.74 Å². The van der Waals surface area contributed by atoms with Gasteiger partial charge in [-0.3, -0.25) is 0 Å². The van der Waals surface area contributed by atoms with E-state index in [1.165, 1.54) is 19.5 Å². The van der Waals surface area contributed by atoms with Crippen molar-refractivity contribution >= 4 is 23.5 Å². The average Bonchev–Trinajstić information content (AvgIpc) is 2.55. The van der Waals surface area contributed by atoms with Gasteiger partial charge >= 0.3 is 5.97 Å². The summed E-state index contributed by atoms with van der Waals surface area (Å²) in [6.07, 6.45) is 2.79. The number of hydrogen-bond donors (Lipinski definition) is 0. The van der Waals surface area contributed by atoms with Crippen LogP contribution in [0.4, 0.5) is 11.5 Å². The minimum absolute atomic E-state index is 0.00772. The van der Waals surface area contributed by atoms with Crippen LogP contribution in [0.25, 0.3) is 0 Å². The molecule has 0 amide bonds. The van der Waals surface area contributed by atoms with Crippen LogP contribution < -0.4 is 4.74 Å². The van der Waals surface area contributed by atoms with Gasteiger partial charge in [0.05, 0.1) is 19.9 Å². The van der Waals surface area contributed by atoms with Gasteiger partial charge in [-0.25, -0.2) is 14.8 Å². The van der Waals surface area contributed by atoms with Crippen LogP contribution in [0.3, 0.4) is 0 Å². The maximum Gasteiger partial charge on any atom is 0.360 e. The van der Waals surface area contributed by atoms with Crippen molar-refractivity contribution in [3.8, 4) is 5.75 Å². The number of hydrogen-bond acceptors (Lipinski definition) is 7. The van der Waals surface area contributed by atoms with Crippen LogP contribution in [0.2, 0.25) is 0 Å². The van der Waals surface area contributed by atoms with Crippen molar-refractivity contribution in [2.75, 3.05) is 14.2 Å². The lowest BCUT2D eigenvalue weighted by Crippen LogP contribution is -2.04. The monoisotopic (exact) mass is 284 g/mol. The van der Waals surface area contributed by atoms with E-state index < -0.39 is 5.97 Å². The molecule has 1 heterocycles. The minimum Gasteiger partial charge on any atom is -0.497 e. The fraction of sp³-hybridized carbons (Fsp3) is 0.143. The second-order valence-electron chi connectivity index (χ2n) is 3.75. The summed E-state index contributed by atoms with van der Waals surface area (Å²) in [5.41, 5.74) is 0.620. The van der Waals surface area contributed by atoms with Crippen molar-refractivity contribution in [3.63, 3.8) is 0 Å². The van der Waals surface area contributed by atoms with Crippen LogP contribution in [0.5, 0.6) is 5.75 Å². The molecule has 0 saturated carbocycles. The molecule has 0 aliphatic carbocycles. The highest BCUT2D eigenvalue weighted by Gasteiger charge is 2.13. The first-order chi connectivity index (χ1) is 10.2. The third-order valence-electron chi connectivity index (χ3n) is 2.45. The maximum absolute atomic E-state index is 11.5. The molecule has 0 fully saturated rings. The summed E-state index contributed by atoms with van der Waals surface area (Å²) in [4.78, 5) is 27.2. The molecule has 2 rings (SSSR count). The molecule has 0 saturated heterocycles. The summed E-state index contributed by atoms with van der Waals surface area (Å²) in [6, 6.07) is 9.56. The molecule has 1 aromatic heterocycles. The molecule has 7 nitrogen and oxygen atoms in total. The van der Waals surface area contributed by atoms with Gasteiger partial charge in [-0.1, -0.05) is 6.07 Å². The van der Waals surface area contributed by atoms with Gasteiger partial charge in [0.1, 0.15) is 11.8 Å². The molecule has 2 aromatic rings. The Morgan fingerprint density at radius 1 is 1.19 bits per heavy atom. The quantitative estimate of drug-likeness (QED) is 0.635. The zero-order valence-corrected chi connectivity index (χ0v) is 11.5. The van der Waals surface area contributed by atoms with Crippen molar-refractivity contribution in [2.45, 2.75) is 0 Å². The molecule has 21 heavy (non-hydrogen) atoms. The molecule has 0 aliphatic heterocycles. The summed E-state index contributed by atoms with van der Waals surface area (Å²) in [5, 5.41) is 0. The molecule has 0 N–H and O–H groups in total. The Morgan fingerprint density at radius 3 is 2.76 bits per heavy atom. The Kier molecular flexibility index (Phi) is 4.74. The highest BCUT2D eigenvalue weighted by molar-refractivity contribution is 5.91. The summed E-state index contributed by atoms with van der Waals surface area (Å²) < 4.78 is 9.68. The standard InChI is InChI=1S/C14H12N4O3/c1-20-11-5-3-4-10(8-11)17-9-18-13-12(14(19)21-2)15-6-7-16-13/h3-8H,1-2H3.